The molecule has 1 atom stereocenters. The van der Waals surface area contributed by atoms with Gasteiger partial charge in [-0.15, -0.1) is 0 Å². The molecule has 7 heteroatoms. The lowest BCUT2D eigenvalue weighted by molar-refractivity contribution is -0.129. The van der Waals surface area contributed by atoms with E-state index in [4.69, 9.17) is 4.98 Å². The highest BCUT2D eigenvalue weighted by Gasteiger charge is 2.32. The summed E-state index contributed by atoms with van der Waals surface area (Å²) in [6.45, 7) is 5.19. The van der Waals surface area contributed by atoms with Crippen molar-refractivity contribution < 1.29 is 9.59 Å². The van der Waals surface area contributed by atoms with Gasteiger partial charge >= 0.3 is 0 Å². The Hall–Kier alpha value is -2.44. The Labute approximate surface area is 173 Å². The molecule has 1 aliphatic carbocycles. The fourth-order valence-corrected chi connectivity index (χ4v) is 4.01. The molecule has 1 unspecified atom stereocenters. The van der Waals surface area contributed by atoms with E-state index in [1.165, 1.54) is 18.4 Å². The molecule has 0 bridgehead atoms. The van der Waals surface area contributed by atoms with Gasteiger partial charge in [-0.1, -0.05) is 11.6 Å². The van der Waals surface area contributed by atoms with Gasteiger partial charge < -0.3 is 15.1 Å². The second kappa shape index (κ2) is 9.37. The lowest BCUT2D eigenvalue weighted by Crippen LogP contribution is -2.32. The first-order chi connectivity index (χ1) is 13.8. The number of allylic oxidation sites excluding steroid dienone is 1. The van der Waals surface area contributed by atoms with Crippen molar-refractivity contribution in [1.82, 2.24) is 20.2 Å². The normalized spacial score (nSPS) is 19.3. The zero-order valence-electron chi connectivity index (χ0n) is 18.1. The van der Waals surface area contributed by atoms with E-state index < -0.39 is 0 Å². The van der Waals surface area contributed by atoms with Gasteiger partial charge in [-0.05, 0) is 46.0 Å². The van der Waals surface area contributed by atoms with Crippen LogP contribution in [0.4, 0.5) is 5.95 Å². The van der Waals surface area contributed by atoms with Crippen molar-refractivity contribution in [2.24, 2.45) is 0 Å². The Balaban J connectivity index is 1.76. The van der Waals surface area contributed by atoms with Crippen molar-refractivity contribution in [2.75, 3.05) is 32.1 Å². The van der Waals surface area contributed by atoms with Gasteiger partial charge in [0.05, 0.1) is 11.3 Å². The van der Waals surface area contributed by atoms with E-state index in [0.717, 1.165) is 25.0 Å². The molecular formula is C22H33N5O2. The molecule has 1 aliphatic heterocycles. The molecule has 3 rings (SSSR count). The van der Waals surface area contributed by atoms with Crippen LogP contribution in [0.1, 0.15) is 74.3 Å². The fraction of sp³-hybridized carbons (Fsp3) is 0.636. The van der Waals surface area contributed by atoms with Gasteiger partial charge in [0.15, 0.2) is 0 Å². The van der Waals surface area contributed by atoms with E-state index in [2.05, 4.69) is 16.4 Å². The van der Waals surface area contributed by atoms with Gasteiger partial charge in [-0.2, -0.15) is 0 Å². The van der Waals surface area contributed by atoms with Gasteiger partial charge in [0.25, 0.3) is 5.91 Å². The van der Waals surface area contributed by atoms with Crippen molar-refractivity contribution >= 4 is 17.8 Å². The predicted molar refractivity (Wildman–Crippen MR) is 114 cm³/mol. The van der Waals surface area contributed by atoms with Crippen LogP contribution >= 0.6 is 0 Å². The Morgan fingerprint density at radius 3 is 2.76 bits per heavy atom. The van der Waals surface area contributed by atoms with E-state index in [9.17, 15) is 9.59 Å². The van der Waals surface area contributed by atoms with E-state index in [-0.39, 0.29) is 23.8 Å². The minimum absolute atomic E-state index is 0.0364. The molecule has 2 aliphatic rings. The van der Waals surface area contributed by atoms with E-state index in [1.807, 2.05) is 37.7 Å². The van der Waals surface area contributed by atoms with Crippen LogP contribution in [0.3, 0.4) is 0 Å². The topological polar surface area (TPSA) is 78.4 Å². The standard InChI is InChI=1S/C22H33N5O2/c1-15(2)24-21(29)18-13-23-22(26(3)4)25-20(18)17-10-11-27(14-17)19(28)12-16-8-6-5-7-9-16/h8,13,15,17H,5-7,9-12,14H2,1-4H3,(H,24,29). The van der Waals surface area contributed by atoms with Crippen molar-refractivity contribution in [3.63, 3.8) is 0 Å². The molecule has 0 spiro atoms. The fourth-order valence-electron chi connectivity index (χ4n) is 4.01. The number of amides is 2. The number of aromatic nitrogens is 2. The maximum absolute atomic E-state index is 12.8. The van der Waals surface area contributed by atoms with Crippen LogP contribution in [0, 0.1) is 0 Å². The van der Waals surface area contributed by atoms with Gasteiger partial charge in [-0.3, -0.25) is 9.59 Å². The van der Waals surface area contributed by atoms with E-state index in [1.54, 1.807) is 6.20 Å². The molecule has 1 aromatic rings. The second-order valence-corrected chi connectivity index (χ2v) is 8.60. The van der Waals surface area contributed by atoms with Crippen molar-refractivity contribution in [1.29, 1.82) is 0 Å². The summed E-state index contributed by atoms with van der Waals surface area (Å²) in [4.78, 5) is 38.3. The Kier molecular flexibility index (Phi) is 6.87. The van der Waals surface area contributed by atoms with Crippen molar-refractivity contribution in [3.8, 4) is 0 Å². The van der Waals surface area contributed by atoms with Crippen LogP contribution in [-0.2, 0) is 4.79 Å². The zero-order valence-corrected chi connectivity index (χ0v) is 18.1. The average Bonchev–Trinajstić information content (AvgIpc) is 3.18. The van der Waals surface area contributed by atoms with Crippen LogP contribution < -0.4 is 10.2 Å². The number of nitrogens with one attached hydrogen (secondary N) is 1. The third-order valence-electron chi connectivity index (χ3n) is 5.56. The second-order valence-electron chi connectivity index (χ2n) is 8.60. The molecule has 1 aromatic heterocycles. The minimum atomic E-state index is -0.155. The molecule has 2 amide bonds. The zero-order chi connectivity index (χ0) is 21.0. The van der Waals surface area contributed by atoms with Crippen LogP contribution in [0.25, 0.3) is 0 Å². The number of carbonyl (C=O) groups excluding carboxylic acids is 2. The van der Waals surface area contributed by atoms with Gasteiger partial charge in [0.1, 0.15) is 0 Å². The Morgan fingerprint density at radius 1 is 1.31 bits per heavy atom. The monoisotopic (exact) mass is 399 g/mol. The van der Waals surface area contributed by atoms with Crippen molar-refractivity contribution in [2.45, 2.75) is 64.3 Å². The molecule has 1 N–H and O–H groups in total. The molecule has 2 heterocycles. The molecule has 0 aromatic carbocycles. The van der Waals surface area contributed by atoms with Crippen LogP contribution in [0.15, 0.2) is 17.8 Å². The first-order valence-corrected chi connectivity index (χ1v) is 10.7. The third-order valence-corrected chi connectivity index (χ3v) is 5.56. The summed E-state index contributed by atoms with van der Waals surface area (Å²) in [5.41, 5.74) is 2.53. The first-order valence-electron chi connectivity index (χ1n) is 10.7. The predicted octanol–water partition coefficient (Wildman–Crippen LogP) is 2.89. The molecule has 1 saturated heterocycles. The number of hydrogen-bond acceptors (Lipinski definition) is 5. The molecule has 0 radical (unpaired) electrons. The van der Waals surface area contributed by atoms with Crippen LogP contribution in [-0.4, -0.2) is 59.9 Å². The summed E-state index contributed by atoms with van der Waals surface area (Å²) in [5, 5.41) is 2.94. The molecule has 158 valence electrons. The third kappa shape index (κ3) is 5.34. The number of hydrogen-bond donors (Lipinski definition) is 1. The number of nitrogens with zero attached hydrogens (tertiary/aromatic N) is 4. The smallest absolute Gasteiger partial charge is 0.254 e. The molecule has 29 heavy (non-hydrogen) atoms. The lowest BCUT2D eigenvalue weighted by atomic mass is 9.97. The van der Waals surface area contributed by atoms with Crippen molar-refractivity contribution in [3.05, 3.63) is 29.1 Å². The van der Waals surface area contributed by atoms with Gasteiger partial charge in [0.2, 0.25) is 11.9 Å². The summed E-state index contributed by atoms with van der Waals surface area (Å²) in [6, 6.07) is 0.0364. The number of rotatable bonds is 6. The summed E-state index contributed by atoms with van der Waals surface area (Å²) in [6.07, 6.45) is 9.74. The van der Waals surface area contributed by atoms with Gasteiger partial charge in [0, 0.05) is 51.8 Å². The summed E-state index contributed by atoms with van der Waals surface area (Å²) >= 11 is 0. The maximum atomic E-state index is 12.8. The lowest BCUT2D eigenvalue weighted by Gasteiger charge is -2.20. The number of likely N-dealkylation sites (tertiary alicyclic amines) is 1. The Bertz CT molecular complexity index is 787. The van der Waals surface area contributed by atoms with E-state index in [0.29, 0.717) is 31.0 Å². The summed E-state index contributed by atoms with van der Waals surface area (Å²) in [5.74, 6) is 0.667. The van der Waals surface area contributed by atoms with E-state index >= 15 is 0 Å². The minimum Gasteiger partial charge on any atom is -0.350 e. The number of carbonyl (C=O) groups is 2. The SMILES string of the molecule is CC(C)NC(=O)c1cnc(N(C)C)nc1C1CCN(C(=O)CC2=CCCCC2)C1. The van der Waals surface area contributed by atoms with Crippen LogP contribution in [0.5, 0.6) is 0 Å². The Morgan fingerprint density at radius 2 is 2.10 bits per heavy atom. The number of anilines is 1. The largest absolute Gasteiger partial charge is 0.350 e. The summed E-state index contributed by atoms with van der Waals surface area (Å²) < 4.78 is 0. The maximum Gasteiger partial charge on any atom is 0.254 e. The summed E-state index contributed by atoms with van der Waals surface area (Å²) in [7, 11) is 3.77. The quantitative estimate of drug-likeness (QED) is 0.744. The molecule has 0 saturated carbocycles. The van der Waals surface area contributed by atoms with Gasteiger partial charge in [-0.25, -0.2) is 9.97 Å². The highest BCUT2D eigenvalue weighted by molar-refractivity contribution is 5.95. The first kappa shape index (κ1) is 21.3. The highest BCUT2D eigenvalue weighted by atomic mass is 16.2. The average molecular weight is 400 g/mol. The molecule has 7 nitrogen and oxygen atoms in total. The van der Waals surface area contributed by atoms with Crippen LogP contribution in [0.2, 0.25) is 0 Å². The highest BCUT2D eigenvalue weighted by Crippen LogP contribution is 2.30. The molecular weight excluding hydrogens is 366 g/mol. The molecule has 1 fully saturated rings.